The normalized spacial score (nSPS) is 13.7. The molecule has 86 valence electrons. The maximum absolute atomic E-state index is 3.71. The fourth-order valence-electron chi connectivity index (χ4n) is 1.49. The average Bonchev–Trinajstić information content (AvgIpc) is 2.24. The molecule has 0 radical (unpaired) electrons. The molecular weight excluding hydrogens is 182 g/mol. The van der Waals surface area contributed by atoms with Crippen LogP contribution in [0.25, 0.3) is 0 Å². The van der Waals surface area contributed by atoms with Gasteiger partial charge in [0.05, 0.1) is 0 Å². The van der Waals surface area contributed by atoms with Crippen molar-refractivity contribution in [1.29, 1.82) is 0 Å². The van der Waals surface area contributed by atoms with Gasteiger partial charge in [-0.3, -0.25) is 0 Å². The van der Waals surface area contributed by atoms with E-state index in [-0.39, 0.29) is 0 Å². The average molecular weight is 207 g/mol. The summed E-state index contributed by atoms with van der Waals surface area (Å²) in [6.45, 7) is 8.97. The predicted octanol–water partition coefficient (Wildman–Crippen LogP) is 3.84. The van der Waals surface area contributed by atoms with Crippen LogP contribution in [0.5, 0.6) is 0 Å². The van der Waals surface area contributed by atoms with E-state index in [2.05, 4.69) is 50.0 Å². The minimum atomic E-state index is 0.528. The minimum absolute atomic E-state index is 0.528. The largest absolute Gasteiger partial charge is 0.311 e. The molecule has 0 bridgehead atoms. The van der Waals surface area contributed by atoms with Crippen molar-refractivity contribution in [2.45, 2.75) is 45.6 Å². The van der Waals surface area contributed by atoms with Crippen molar-refractivity contribution in [3.8, 4) is 0 Å². The lowest BCUT2D eigenvalue weighted by atomic mass is 10.1. The Balaban J connectivity index is 3.76. The minimum Gasteiger partial charge on any atom is -0.311 e. The molecule has 0 aliphatic heterocycles. The Bertz CT molecular complexity index is 192. The van der Waals surface area contributed by atoms with E-state index in [0.29, 0.717) is 6.04 Å². The Hall–Kier alpha value is -0.820. The van der Waals surface area contributed by atoms with Gasteiger partial charge in [0, 0.05) is 6.04 Å². The van der Waals surface area contributed by atoms with Crippen molar-refractivity contribution in [1.82, 2.24) is 5.32 Å². The summed E-state index contributed by atoms with van der Waals surface area (Å²) in [4.78, 5) is 0. The number of hydrogen-bond donors (Lipinski definition) is 1. The standard InChI is InChI=1S/C14H25N/c1-4-7-9-11-13-14(15-6-3)12-10-8-5-2/h4-5,7,10,12,14-15H,2,6,8-9,11,13H2,1,3H3/b7-4-,12-10?. The Morgan fingerprint density at radius 3 is 2.73 bits per heavy atom. The molecule has 15 heavy (non-hydrogen) atoms. The Labute approximate surface area is 95.0 Å². The van der Waals surface area contributed by atoms with Crippen molar-refractivity contribution in [2.24, 2.45) is 0 Å². The smallest absolute Gasteiger partial charge is 0.0250 e. The van der Waals surface area contributed by atoms with Crippen LogP contribution in [0.4, 0.5) is 0 Å². The first-order valence-corrected chi connectivity index (χ1v) is 5.97. The van der Waals surface area contributed by atoms with Crippen molar-refractivity contribution < 1.29 is 0 Å². The van der Waals surface area contributed by atoms with Crippen LogP contribution in [0.1, 0.15) is 39.5 Å². The Morgan fingerprint density at radius 1 is 1.33 bits per heavy atom. The first-order valence-electron chi connectivity index (χ1n) is 5.97. The van der Waals surface area contributed by atoms with Crippen LogP contribution < -0.4 is 5.32 Å². The van der Waals surface area contributed by atoms with E-state index in [1.54, 1.807) is 0 Å². The van der Waals surface area contributed by atoms with Gasteiger partial charge >= 0.3 is 0 Å². The first kappa shape index (κ1) is 14.2. The second kappa shape index (κ2) is 11.3. The molecular formula is C14H25N. The molecule has 1 N–H and O–H groups in total. The third-order valence-corrected chi connectivity index (χ3v) is 2.26. The van der Waals surface area contributed by atoms with Crippen molar-refractivity contribution in [2.75, 3.05) is 6.54 Å². The third-order valence-electron chi connectivity index (χ3n) is 2.26. The number of likely N-dealkylation sites (N-methyl/N-ethyl adjacent to an activating group) is 1. The summed E-state index contributed by atoms with van der Waals surface area (Å²) in [6.07, 6.45) is 15.4. The summed E-state index contributed by atoms with van der Waals surface area (Å²) in [5.74, 6) is 0. The summed E-state index contributed by atoms with van der Waals surface area (Å²) in [7, 11) is 0. The highest BCUT2D eigenvalue weighted by atomic mass is 14.9. The van der Waals surface area contributed by atoms with E-state index < -0.39 is 0 Å². The van der Waals surface area contributed by atoms with E-state index in [0.717, 1.165) is 13.0 Å². The second-order valence-electron chi connectivity index (χ2n) is 3.62. The Kier molecular flexibility index (Phi) is 10.6. The zero-order valence-corrected chi connectivity index (χ0v) is 10.2. The summed E-state index contributed by atoms with van der Waals surface area (Å²) in [6, 6.07) is 0.528. The quantitative estimate of drug-likeness (QED) is 0.447. The molecule has 0 spiro atoms. The third kappa shape index (κ3) is 9.48. The van der Waals surface area contributed by atoms with Gasteiger partial charge in [-0.1, -0.05) is 37.3 Å². The van der Waals surface area contributed by atoms with Crippen LogP contribution >= 0.6 is 0 Å². The summed E-state index contributed by atoms with van der Waals surface area (Å²) in [5.41, 5.74) is 0. The number of allylic oxidation sites excluding steroid dienone is 4. The molecule has 1 heteroatoms. The van der Waals surface area contributed by atoms with Gasteiger partial charge in [0.15, 0.2) is 0 Å². The first-order chi connectivity index (χ1) is 7.35. The second-order valence-corrected chi connectivity index (χ2v) is 3.62. The van der Waals surface area contributed by atoms with Gasteiger partial charge < -0.3 is 5.32 Å². The molecule has 0 aliphatic carbocycles. The monoisotopic (exact) mass is 207 g/mol. The molecule has 0 rings (SSSR count). The van der Waals surface area contributed by atoms with Gasteiger partial charge in [-0.25, -0.2) is 0 Å². The molecule has 0 saturated carbocycles. The number of nitrogens with one attached hydrogen (secondary N) is 1. The molecule has 0 aromatic heterocycles. The highest BCUT2D eigenvalue weighted by molar-refractivity contribution is 4.96. The van der Waals surface area contributed by atoms with Gasteiger partial charge in [-0.15, -0.1) is 6.58 Å². The van der Waals surface area contributed by atoms with E-state index in [9.17, 15) is 0 Å². The fraction of sp³-hybridized carbons (Fsp3) is 0.571. The fourth-order valence-corrected chi connectivity index (χ4v) is 1.49. The van der Waals surface area contributed by atoms with E-state index >= 15 is 0 Å². The molecule has 0 saturated heterocycles. The molecule has 0 aromatic rings. The Morgan fingerprint density at radius 2 is 2.13 bits per heavy atom. The van der Waals surface area contributed by atoms with Crippen LogP contribution in [0.2, 0.25) is 0 Å². The highest BCUT2D eigenvalue weighted by Crippen LogP contribution is 2.04. The van der Waals surface area contributed by atoms with E-state index in [1.165, 1.54) is 19.3 Å². The van der Waals surface area contributed by atoms with Crippen molar-refractivity contribution in [3.05, 3.63) is 37.0 Å². The van der Waals surface area contributed by atoms with Gasteiger partial charge in [-0.05, 0) is 39.2 Å². The van der Waals surface area contributed by atoms with Crippen LogP contribution in [-0.4, -0.2) is 12.6 Å². The van der Waals surface area contributed by atoms with Crippen LogP contribution in [0, 0.1) is 0 Å². The van der Waals surface area contributed by atoms with Gasteiger partial charge in [0.2, 0.25) is 0 Å². The van der Waals surface area contributed by atoms with Crippen LogP contribution in [0.3, 0.4) is 0 Å². The maximum Gasteiger partial charge on any atom is 0.0250 e. The molecule has 0 heterocycles. The number of unbranched alkanes of at least 4 members (excludes halogenated alkanes) is 1. The van der Waals surface area contributed by atoms with Gasteiger partial charge in [-0.2, -0.15) is 0 Å². The summed E-state index contributed by atoms with van der Waals surface area (Å²) >= 11 is 0. The predicted molar refractivity (Wildman–Crippen MR) is 70.1 cm³/mol. The lowest BCUT2D eigenvalue weighted by Gasteiger charge is -2.12. The van der Waals surface area contributed by atoms with Crippen molar-refractivity contribution in [3.63, 3.8) is 0 Å². The lowest BCUT2D eigenvalue weighted by Crippen LogP contribution is -2.26. The zero-order chi connectivity index (χ0) is 11.4. The summed E-state index contributed by atoms with van der Waals surface area (Å²) < 4.78 is 0. The molecule has 1 unspecified atom stereocenters. The van der Waals surface area contributed by atoms with E-state index in [1.807, 2.05) is 6.08 Å². The number of hydrogen-bond acceptors (Lipinski definition) is 1. The van der Waals surface area contributed by atoms with E-state index in [4.69, 9.17) is 0 Å². The molecule has 0 aliphatic rings. The topological polar surface area (TPSA) is 12.0 Å². The molecule has 1 nitrogen and oxygen atoms in total. The van der Waals surface area contributed by atoms with Gasteiger partial charge in [0.25, 0.3) is 0 Å². The maximum atomic E-state index is 3.71. The molecule has 0 amide bonds. The van der Waals surface area contributed by atoms with Crippen molar-refractivity contribution >= 4 is 0 Å². The summed E-state index contributed by atoms with van der Waals surface area (Å²) in [5, 5.41) is 3.47. The highest BCUT2D eigenvalue weighted by Gasteiger charge is 2.00. The van der Waals surface area contributed by atoms with Gasteiger partial charge in [0.1, 0.15) is 0 Å². The van der Waals surface area contributed by atoms with Crippen LogP contribution in [-0.2, 0) is 0 Å². The molecule has 0 aromatic carbocycles. The van der Waals surface area contributed by atoms with Crippen LogP contribution in [0.15, 0.2) is 37.0 Å². The SMILES string of the molecule is C=CCC=CC(CCC/C=C\C)NCC. The molecule has 1 atom stereocenters. The number of rotatable bonds is 9. The lowest BCUT2D eigenvalue weighted by molar-refractivity contribution is 0.555. The molecule has 0 fully saturated rings. The zero-order valence-electron chi connectivity index (χ0n) is 10.2.